The molecule has 236 valence electrons. The molecule has 0 aliphatic carbocycles. The third kappa shape index (κ3) is 6.41. The summed E-state index contributed by atoms with van der Waals surface area (Å²) in [7, 11) is 0. The normalized spacial score (nSPS) is 21.9. The zero-order chi connectivity index (χ0) is 32.4. The quantitative estimate of drug-likeness (QED) is 0.215. The van der Waals surface area contributed by atoms with Crippen LogP contribution in [-0.2, 0) is 23.9 Å². The van der Waals surface area contributed by atoms with E-state index in [9.17, 15) is 19.2 Å². The molecule has 2 aromatic carbocycles. The topological polar surface area (TPSA) is 118 Å². The molecule has 1 N–H and O–H groups in total. The van der Waals surface area contributed by atoms with Crippen LogP contribution >= 0.6 is 11.8 Å². The van der Waals surface area contributed by atoms with Gasteiger partial charge < -0.3 is 19.7 Å². The number of benzene rings is 2. The van der Waals surface area contributed by atoms with Crippen molar-refractivity contribution >= 4 is 41.5 Å². The lowest BCUT2D eigenvalue weighted by Crippen LogP contribution is -2.74. The van der Waals surface area contributed by atoms with Crippen molar-refractivity contribution in [2.75, 3.05) is 11.4 Å². The highest BCUT2D eigenvalue weighted by Crippen LogP contribution is 2.42. The van der Waals surface area contributed by atoms with Crippen LogP contribution in [0.1, 0.15) is 44.4 Å². The van der Waals surface area contributed by atoms with Crippen molar-refractivity contribution in [2.45, 2.75) is 56.4 Å². The van der Waals surface area contributed by atoms with Gasteiger partial charge in [0.05, 0.1) is 0 Å². The van der Waals surface area contributed by atoms with Crippen LogP contribution in [-0.4, -0.2) is 63.4 Å². The molecule has 10 nitrogen and oxygen atoms in total. The van der Waals surface area contributed by atoms with E-state index in [4.69, 9.17) is 9.47 Å². The molecule has 0 spiro atoms. The van der Waals surface area contributed by atoms with Gasteiger partial charge in [0.15, 0.2) is 12.1 Å². The van der Waals surface area contributed by atoms with Gasteiger partial charge in [0.1, 0.15) is 22.8 Å². The molecule has 3 aromatic rings. The zero-order valence-corrected chi connectivity index (χ0v) is 26.5. The van der Waals surface area contributed by atoms with Crippen LogP contribution in [0.3, 0.4) is 0 Å². The van der Waals surface area contributed by atoms with E-state index in [1.165, 1.54) is 16.7 Å². The number of hydrogen-bond acceptors (Lipinski definition) is 8. The number of ether oxygens (including phenoxy) is 2. The summed E-state index contributed by atoms with van der Waals surface area (Å²) < 4.78 is 11.6. The second-order valence-corrected chi connectivity index (χ2v) is 13.1. The number of nitrogens with zero attached hydrogens (tertiary/aromatic N) is 3. The number of fused-ring (bicyclic) bond motifs is 1. The van der Waals surface area contributed by atoms with Crippen LogP contribution in [0.15, 0.2) is 108 Å². The molecule has 0 unspecified atom stereocenters. The standard InChI is InChI=1S/C35H34N4O6S/c1-35(2,3)45-34(43)37-27-31(41)39-28(33(42)44-29(22-12-6-4-7-13-22)23-14-8-5-9-15-23)25(21-46-32(27)39)20-24-17-19-38(30(24)40)26-16-10-11-18-36-26/h4-16,18,20-21,27-29,32H,17,19H2,1-3H3,(H,37,43)/t27-,28-,32-/m1/s1. The van der Waals surface area contributed by atoms with Crippen molar-refractivity contribution in [3.63, 3.8) is 0 Å². The molecule has 3 aliphatic heterocycles. The fourth-order valence-corrected chi connectivity index (χ4v) is 6.85. The Morgan fingerprint density at radius 1 is 0.978 bits per heavy atom. The van der Waals surface area contributed by atoms with E-state index in [0.717, 1.165) is 11.1 Å². The Bertz CT molecular complexity index is 1650. The molecule has 6 rings (SSSR count). The summed E-state index contributed by atoms with van der Waals surface area (Å²) in [6.45, 7) is 5.65. The van der Waals surface area contributed by atoms with Gasteiger partial charge in [-0.05, 0) is 67.5 Å². The smallest absolute Gasteiger partial charge is 0.408 e. The van der Waals surface area contributed by atoms with Crippen LogP contribution < -0.4 is 10.2 Å². The fourth-order valence-electron chi connectivity index (χ4n) is 5.65. The van der Waals surface area contributed by atoms with Crippen LogP contribution in [0.4, 0.5) is 10.6 Å². The highest BCUT2D eigenvalue weighted by Gasteiger charge is 2.56. The number of carbonyl (C=O) groups is 4. The molecule has 4 heterocycles. The van der Waals surface area contributed by atoms with Crippen molar-refractivity contribution in [3.8, 4) is 0 Å². The summed E-state index contributed by atoms with van der Waals surface area (Å²) >= 11 is 1.29. The molecule has 11 heteroatoms. The highest BCUT2D eigenvalue weighted by molar-refractivity contribution is 8.03. The highest BCUT2D eigenvalue weighted by atomic mass is 32.2. The number of esters is 1. The summed E-state index contributed by atoms with van der Waals surface area (Å²) in [5.41, 5.74) is 1.74. The maximum Gasteiger partial charge on any atom is 0.408 e. The maximum atomic E-state index is 14.2. The lowest BCUT2D eigenvalue weighted by atomic mass is 9.95. The van der Waals surface area contributed by atoms with Gasteiger partial charge in [0.25, 0.3) is 5.91 Å². The summed E-state index contributed by atoms with van der Waals surface area (Å²) in [5, 5.41) is 3.85. The average Bonchev–Trinajstić information content (AvgIpc) is 3.41. The first-order chi connectivity index (χ1) is 22.1. The predicted octanol–water partition coefficient (Wildman–Crippen LogP) is 5.14. The third-order valence-corrected chi connectivity index (χ3v) is 8.93. The molecule has 1 aromatic heterocycles. The molecule has 3 atom stereocenters. The van der Waals surface area contributed by atoms with E-state index in [1.807, 2.05) is 66.7 Å². The Kier molecular flexibility index (Phi) is 8.68. The summed E-state index contributed by atoms with van der Waals surface area (Å²) in [5.74, 6) is -0.772. The molecular weight excluding hydrogens is 604 g/mol. The minimum absolute atomic E-state index is 0.218. The van der Waals surface area contributed by atoms with Gasteiger partial charge in [-0.25, -0.2) is 14.6 Å². The van der Waals surface area contributed by atoms with Crippen LogP contribution in [0.25, 0.3) is 0 Å². The van der Waals surface area contributed by atoms with Crippen molar-refractivity contribution < 1.29 is 28.7 Å². The SMILES string of the molecule is CC(C)(C)OC(=O)N[C@@H]1C(=O)N2[C@@H](C(=O)OC(c3ccccc3)c3ccccc3)C(C=C3CCN(c4ccccn4)C3=O)=CS[C@H]12. The van der Waals surface area contributed by atoms with Crippen LogP contribution in [0.5, 0.6) is 0 Å². The van der Waals surface area contributed by atoms with Gasteiger partial charge >= 0.3 is 12.1 Å². The Hall–Kier alpha value is -4.90. The average molecular weight is 639 g/mol. The van der Waals surface area contributed by atoms with E-state index in [2.05, 4.69) is 10.3 Å². The van der Waals surface area contributed by atoms with Gasteiger partial charge in [-0.15, -0.1) is 11.8 Å². The number of carbonyl (C=O) groups excluding carboxylic acids is 4. The first kappa shape index (κ1) is 31.1. The van der Waals surface area contributed by atoms with Gasteiger partial charge in [-0.3, -0.25) is 14.5 Å². The lowest BCUT2D eigenvalue weighted by Gasteiger charge is -2.51. The summed E-state index contributed by atoms with van der Waals surface area (Å²) in [6.07, 6.45) is 2.29. The van der Waals surface area contributed by atoms with Crippen LogP contribution in [0, 0.1) is 0 Å². The van der Waals surface area contributed by atoms with E-state index in [-0.39, 0.29) is 5.91 Å². The van der Waals surface area contributed by atoms with Crippen molar-refractivity contribution in [1.82, 2.24) is 15.2 Å². The molecule has 2 fully saturated rings. The number of nitrogens with one attached hydrogen (secondary N) is 1. The van der Waals surface area contributed by atoms with Gasteiger partial charge in [-0.2, -0.15) is 0 Å². The lowest BCUT2D eigenvalue weighted by molar-refractivity contribution is -0.164. The number of β-lactam (4-membered cyclic amide) rings is 1. The minimum Gasteiger partial charge on any atom is -0.451 e. The van der Waals surface area contributed by atoms with Crippen LogP contribution in [0.2, 0.25) is 0 Å². The monoisotopic (exact) mass is 638 g/mol. The summed E-state index contributed by atoms with van der Waals surface area (Å²) in [6, 6.07) is 22.1. The van der Waals surface area contributed by atoms with Gasteiger partial charge in [0, 0.05) is 18.3 Å². The minimum atomic E-state index is -1.14. The number of aromatic nitrogens is 1. The number of anilines is 1. The van der Waals surface area contributed by atoms with Gasteiger partial charge in [0.2, 0.25) is 5.91 Å². The van der Waals surface area contributed by atoms with E-state index < -0.39 is 47.1 Å². The number of amides is 3. The molecule has 46 heavy (non-hydrogen) atoms. The molecule has 0 radical (unpaired) electrons. The van der Waals surface area contributed by atoms with Crippen molar-refractivity contribution in [1.29, 1.82) is 0 Å². The number of rotatable bonds is 7. The molecule has 0 bridgehead atoms. The van der Waals surface area contributed by atoms with Crippen molar-refractivity contribution in [2.24, 2.45) is 0 Å². The molecular formula is C35H34N4O6S. The number of thioether (sulfide) groups is 1. The Balaban J connectivity index is 1.31. The van der Waals surface area contributed by atoms with Gasteiger partial charge in [-0.1, -0.05) is 66.7 Å². The van der Waals surface area contributed by atoms with E-state index >= 15 is 0 Å². The number of pyridine rings is 1. The summed E-state index contributed by atoms with van der Waals surface area (Å²) in [4.78, 5) is 61.2. The number of hydrogen-bond donors (Lipinski definition) is 1. The third-order valence-electron chi connectivity index (χ3n) is 7.74. The fraction of sp³-hybridized carbons (Fsp3) is 0.286. The first-order valence-corrected chi connectivity index (χ1v) is 16.0. The maximum absolute atomic E-state index is 14.2. The second kappa shape index (κ2) is 12.8. The van der Waals surface area contributed by atoms with E-state index in [0.29, 0.717) is 29.9 Å². The Morgan fingerprint density at radius 2 is 1.63 bits per heavy atom. The Morgan fingerprint density at radius 3 is 2.24 bits per heavy atom. The molecule has 3 amide bonds. The van der Waals surface area contributed by atoms with E-state index in [1.54, 1.807) is 55.5 Å². The molecule has 2 saturated heterocycles. The molecule has 3 aliphatic rings. The second-order valence-electron chi connectivity index (χ2n) is 12.1. The zero-order valence-electron chi connectivity index (χ0n) is 25.7. The predicted molar refractivity (Wildman–Crippen MR) is 173 cm³/mol. The van der Waals surface area contributed by atoms with Crippen molar-refractivity contribution in [3.05, 3.63) is 119 Å². The largest absolute Gasteiger partial charge is 0.451 e. The number of alkyl carbamates (subject to hydrolysis) is 1. The Labute approximate surface area is 271 Å². The first-order valence-electron chi connectivity index (χ1n) is 15.0. The molecule has 0 saturated carbocycles.